The predicted molar refractivity (Wildman–Crippen MR) is 98.3 cm³/mol. The highest BCUT2D eigenvalue weighted by Gasteiger charge is 2.22. The second-order valence-corrected chi connectivity index (χ2v) is 5.70. The molecule has 0 aliphatic rings. The van der Waals surface area contributed by atoms with Crippen LogP contribution in [-0.4, -0.2) is 18.6 Å². The van der Waals surface area contributed by atoms with E-state index in [1.165, 1.54) is 5.56 Å². The van der Waals surface area contributed by atoms with Gasteiger partial charge in [-0.2, -0.15) is 0 Å². The summed E-state index contributed by atoms with van der Waals surface area (Å²) in [5.74, 6) is -0.436. The van der Waals surface area contributed by atoms with Gasteiger partial charge in [-0.05, 0) is 18.1 Å². The highest BCUT2D eigenvalue weighted by atomic mass is 16.5. The summed E-state index contributed by atoms with van der Waals surface area (Å²) >= 11 is 0. The van der Waals surface area contributed by atoms with Crippen LogP contribution in [0.3, 0.4) is 0 Å². The van der Waals surface area contributed by atoms with Gasteiger partial charge in [0.2, 0.25) is 0 Å². The second-order valence-electron chi connectivity index (χ2n) is 5.70. The lowest BCUT2D eigenvalue weighted by molar-refractivity contribution is -0.147. The summed E-state index contributed by atoms with van der Waals surface area (Å²) in [5, 5.41) is 3.46. The van der Waals surface area contributed by atoms with Crippen molar-refractivity contribution in [3.05, 3.63) is 77.9 Å². The van der Waals surface area contributed by atoms with Crippen LogP contribution in [0.4, 0.5) is 0 Å². The van der Waals surface area contributed by atoms with Crippen LogP contribution in [0, 0.1) is 5.92 Å². The smallest absolute Gasteiger partial charge is 0.310 e. The second kappa shape index (κ2) is 9.68. The van der Waals surface area contributed by atoms with Crippen LogP contribution in [0.25, 0.3) is 6.08 Å². The normalized spacial score (nSPS) is 13.6. The Morgan fingerprint density at radius 2 is 1.71 bits per heavy atom. The number of esters is 1. The molecule has 0 bridgehead atoms. The molecule has 2 rings (SSSR count). The minimum atomic E-state index is -0.256. The summed E-state index contributed by atoms with van der Waals surface area (Å²) in [4.78, 5) is 12.1. The molecule has 2 aromatic carbocycles. The Labute approximate surface area is 144 Å². The molecule has 0 aliphatic carbocycles. The van der Waals surface area contributed by atoms with E-state index in [1.54, 1.807) is 0 Å². The lowest BCUT2D eigenvalue weighted by Crippen LogP contribution is -2.37. The fourth-order valence-corrected chi connectivity index (χ4v) is 2.44. The van der Waals surface area contributed by atoms with Crippen LogP contribution in [0.2, 0.25) is 0 Å². The first-order chi connectivity index (χ1) is 11.7. The van der Waals surface area contributed by atoms with Gasteiger partial charge < -0.3 is 10.1 Å². The fourth-order valence-electron chi connectivity index (χ4n) is 2.44. The van der Waals surface area contributed by atoms with Gasteiger partial charge in [-0.25, -0.2) is 0 Å². The number of carbonyl (C=O) groups is 1. The summed E-state index contributed by atoms with van der Waals surface area (Å²) in [5.41, 5.74) is 2.30. The molecule has 0 fully saturated rings. The molecule has 24 heavy (non-hydrogen) atoms. The first kappa shape index (κ1) is 18.0. The van der Waals surface area contributed by atoms with E-state index in [2.05, 4.69) is 17.4 Å². The number of rotatable bonds is 8. The molecule has 3 heteroatoms. The molecule has 0 radical (unpaired) electrons. The Hall–Kier alpha value is -2.39. The quantitative estimate of drug-likeness (QED) is 0.745. The van der Waals surface area contributed by atoms with Gasteiger partial charge in [0.25, 0.3) is 0 Å². The molecule has 0 amide bonds. The molecule has 2 atom stereocenters. The lowest BCUT2D eigenvalue weighted by atomic mass is 10.00. The summed E-state index contributed by atoms with van der Waals surface area (Å²) in [6.45, 7) is 4.83. The van der Waals surface area contributed by atoms with Crippen molar-refractivity contribution in [2.75, 3.05) is 6.61 Å². The zero-order valence-corrected chi connectivity index (χ0v) is 14.3. The molecule has 3 nitrogen and oxygen atoms in total. The molecule has 0 spiro atoms. The number of ether oxygens (including phenoxy) is 1. The number of hydrogen-bond donors (Lipinski definition) is 1. The monoisotopic (exact) mass is 323 g/mol. The van der Waals surface area contributed by atoms with E-state index in [9.17, 15) is 4.79 Å². The standard InChI is InChI=1S/C21H25NO2/c1-3-24-21(23)17(2)20(15-14-18-10-6-4-7-11-18)22-16-19-12-8-5-9-13-19/h4-15,17,20,22H,3,16H2,1-2H3/b15-14+/t17-,20+/m0/s1. The highest BCUT2D eigenvalue weighted by Crippen LogP contribution is 2.12. The van der Waals surface area contributed by atoms with Crippen molar-refractivity contribution in [3.8, 4) is 0 Å². The summed E-state index contributed by atoms with van der Waals surface area (Å²) in [6, 6.07) is 20.1. The van der Waals surface area contributed by atoms with Crippen LogP contribution < -0.4 is 5.32 Å². The molecule has 126 valence electrons. The van der Waals surface area contributed by atoms with Crippen LogP contribution in [0.1, 0.15) is 25.0 Å². The van der Waals surface area contributed by atoms with Gasteiger partial charge in [0, 0.05) is 12.6 Å². The lowest BCUT2D eigenvalue weighted by Gasteiger charge is -2.21. The average Bonchev–Trinajstić information content (AvgIpc) is 2.63. The van der Waals surface area contributed by atoms with E-state index in [4.69, 9.17) is 4.74 Å². The van der Waals surface area contributed by atoms with Gasteiger partial charge in [0.1, 0.15) is 0 Å². The number of nitrogens with one attached hydrogen (secondary N) is 1. The van der Waals surface area contributed by atoms with Crippen LogP contribution in [-0.2, 0) is 16.1 Å². The molecule has 0 saturated heterocycles. The van der Waals surface area contributed by atoms with Crippen molar-refractivity contribution in [1.82, 2.24) is 5.32 Å². The zero-order valence-electron chi connectivity index (χ0n) is 14.3. The molecular weight excluding hydrogens is 298 g/mol. The third-order valence-corrected chi connectivity index (χ3v) is 3.88. The van der Waals surface area contributed by atoms with Crippen molar-refractivity contribution in [3.63, 3.8) is 0 Å². The topological polar surface area (TPSA) is 38.3 Å². The zero-order chi connectivity index (χ0) is 17.2. The minimum Gasteiger partial charge on any atom is -0.466 e. The maximum absolute atomic E-state index is 12.1. The number of carbonyl (C=O) groups excluding carboxylic acids is 1. The van der Waals surface area contributed by atoms with E-state index >= 15 is 0 Å². The Morgan fingerprint density at radius 1 is 1.08 bits per heavy atom. The predicted octanol–water partition coefficient (Wildman–Crippen LogP) is 4.06. The third-order valence-electron chi connectivity index (χ3n) is 3.88. The maximum atomic E-state index is 12.1. The molecule has 0 heterocycles. The van der Waals surface area contributed by atoms with Crippen molar-refractivity contribution in [2.45, 2.75) is 26.4 Å². The van der Waals surface area contributed by atoms with Crippen LogP contribution >= 0.6 is 0 Å². The minimum absolute atomic E-state index is 0.0931. The largest absolute Gasteiger partial charge is 0.466 e. The Balaban J connectivity index is 2.08. The fraction of sp³-hybridized carbons (Fsp3) is 0.286. The first-order valence-corrected chi connectivity index (χ1v) is 8.38. The van der Waals surface area contributed by atoms with Gasteiger partial charge in [0.15, 0.2) is 0 Å². The van der Waals surface area contributed by atoms with E-state index in [0.717, 1.165) is 5.56 Å². The van der Waals surface area contributed by atoms with Crippen molar-refractivity contribution < 1.29 is 9.53 Å². The highest BCUT2D eigenvalue weighted by molar-refractivity contribution is 5.73. The third kappa shape index (κ3) is 5.67. The SMILES string of the molecule is CCOC(=O)[C@@H](C)[C@@H](/C=C/c1ccccc1)NCc1ccccc1. The molecular formula is C21H25NO2. The van der Waals surface area contributed by atoms with E-state index in [1.807, 2.05) is 74.5 Å². The average molecular weight is 323 g/mol. The van der Waals surface area contributed by atoms with Crippen molar-refractivity contribution >= 4 is 12.0 Å². The molecule has 0 unspecified atom stereocenters. The van der Waals surface area contributed by atoms with Crippen molar-refractivity contribution in [2.24, 2.45) is 5.92 Å². The van der Waals surface area contributed by atoms with Crippen LogP contribution in [0.5, 0.6) is 0 Å². The van der Waals surface area contributed by atoms with Gasteiger partial charge in [0.05, 0.1) is 12.5 Å². The van der Waals surface area contributed by atoms with Crippen molar-refractivity contribution in [1.29, 1.82) is 0 Å². The maximum Gasteiger partial charge on any atom is 0.310 e. The molecule has 1 N–H and O–H groups in total. The summed E-state index contributed by atoms with van der Waals surface area (Å²) in [7, 11) is 0. The summed E-state index contributed by atoms with van der Waals surface area (Å²) in [6.07, 6.45) is 4.08. The van der Waals surface area contributed by atoms with E-state index < -0.39 is 0 Å². The Morgan fingerprint density at radius 3 is 2.33 bits per heavy atom. The molecule has 0 saturated carbocycles. The van der Waals surface area contributed by atoms with Crippen LogP contribution in [0.15, 0.2) is 66.7 Å². The van der Waals surface area contributed by atoms with Gasteiger partial charge >= 0.3 is 5.97 Å². The van der Waals surface area contributed by atoms with Gasteiger partial charge in [-0.3, -0.25) is 4.79 Å². The van der Waals surface area contributed by atoms with Gasteiger partial charge in [-0.1, -0.05) is 79.7 Å². The van der Waals surface area contributed by atoms with E-state index in [0.29, 0.717) is 13.2 Å². The van der Waals surface area contributed by atoms with E-state index in [-0.39, 0.29) is 17.9 Å². The molecule has 0 aliphatic heterocycles. The Kier molecular flexibility index (Phi) is 7.24. The molecule has 0 aromatic heterocycles. The van der Waals surface area contributed by atoms with Gasteiger partial charge in [-0.15, -0.1) is 0 Å². The Bertz CT molecular complexity index is 637. The first-order valence-electron chi connectivity index (χ1n) is 8.38. The summed E-state index contributed by atoms with van der Waals surface area (Å²) < 4.78 is 5.18. The number of benzene rings is 2. The molecule has 2 aromatic rings. The number of hydrogen-bond acceptors (Lipinski definition) is 3.